The number of benzene rings is 1. The predicted molar refractivity (Wildman–Crippen MR) is 74.6 cm³/mol. The molecule has 0 bridgehead atoms. The Hall–Kier alpha value is -1.70. The van der Waals surface area contributed by atoms with Crippen LogP contribution in [0.1, 0.15) is 38.3 Å². The molecule has 0 unspecified atom stereocenters. The molecular formula is C16H19NO. The van der Waals surface area contributed by atoms with Crippen LogP contribution in [0.15, 0.2) is 36.5 Å². The van der Waals surface area contributed by atoms with E-state index in [1.165, 1.54) is 0 Å². The van der Waals surface area contributed by atoms with Crippen molar-refractivity contribution in [3.63, 3.8) is 0 Å². The zero-order chi connectivity index (χ0) is 12.8. The van der Waals surface area contributed by atoms with E-state index in [-0.39, 0.29) is 0 Å². The molecular weight excluding hydrogens is 222 g/mol. The first-order chi connectivity index (χ1) is 8.79. The molecule has 1 aromatic heterocycles. The predicted octanol–water partition coefficient (Wildman–Crippen LogP) is 3.93. The summed E-state index contributed by atoms with van der Waals surface area (Å²) in [6, 6.07) is 10.1. The number of pyridine rings is 1. The number of fused-ring (bicyclic) bond motifs is 1. The van der Waals surface area contributed by atoms with Crippen molar-refractivity contribution in [1.29, 1.82) is 0 Å². The molecule has 0 aliphatic rings. The lowest BCUT2D eigenvalue weighted by atomic mass is 10.1. The van der Waals surface area contributed by atoms with Gasteiger partial charge in [-0.3, -0.25) is 9.78 Å². The van der Waals surface area contributed by atoms with Crippen LogP contribution in [0.2, 0.25) is 0 Å². The van der Waals surface area contributed by atoms with E-state index in [0.29, 0.717) is 18.6 Å². The first kappa shape index (κ1) is 12.7. The molecule has 2 rings (SSSR count). The molecule has 0 amide bonds. The van der Waals surface area contributed by atoms with Crippen LogP contribution in [0.25, 0.3) is 10.8 Å². The van der Waals surface area contributed by atoms with E-state index in [4.69, 9.17) is 0 Å². The Balaban J connectivity index is 2.01. The van der Waals surface area contributed by atoms with Crippen molar-refractivity contribution in [2.45, 2.75) is 39.0 Å². The summed E-state index contributed by atoms with van der Waals surface area (Å²) in [5.41, 5.74) is 0.884. The maximum absolute atomic E-state index is 11.8. The number of unbranched alkanes of at least 4 members (excludes halogenated alkanes) is 2. The largest absolute Gasteiger partial charge is 0.299 e. The summed E-state index contributed by atoms with van der Waals surface area (Å²) < 4.78 is 0. The topological polar surface area (TPSA) is 30.0 Å². The molecule has 18 heavy (non-hydrogen) atoms. The van der Waals surface area contributed by atoms with Gasteiger partial charge in [0.15, 0.2) is 0 Å². The zero-order valence-electron chi connectivity index (χ0n) is 10.9. The quantitative estimate of drug-likeness (QED) is 0.717. The number of aromatic nitrogens is 1. The van der Waals surface area contributed by atoms with Crippen molar-refractivity contribution in [3.05, 3.63) is 42.2 Å². The van der Waals surface area contributed by atoms with Crippen LogP contribution in [-0.4, -0.2) is 10.8 Å². The molecule has 0 spiro atoms. The van der Waals surface area contributed by atoms with Crippen LogP contribution >= 0.6 is 0 Å². The molecule has 0 saturated carbocycles. The first-order valence-electron chi connectivity index (χ1n) is 6.65. The molecule has 2 heteroatoms. The Labute approximate surface area is 108 Å². The third-order valence-corrected chi connectivity index (χ3v) is 3.13. The molecule has 1 aromatic carbocycles. The molecule has 0 saturated heterocycles. The van der Waals surface area contributed by atoms with Gasteiger partial charge in [0.2, 0.25) is 0 Å². The molecule has 0 radical (unpaired) electrons. The number of hydrogen-bond donors (Lipinski definition) is 0. The minimum absolute atomic E-state index is 0.297. The van der Waals surface area contributed by atoms with Gasteiger partial charge in [0.05, 0.1) is 0 Å². The van der Waals surface area contributed by atoms with Gasteiger partial charge in [-0.05, 0) is 17.9 Å². The normalized spacial score (nSPS) is 10.7. The van der Waals surface area contributed by atoms with Gasteiger partial charge in [0.25, 0.3) is 0 Å². The Kier molecular flexibility index (Phi) is 4.46. The van der Waals surface area contributed by atoms with Gasteiger partial charge in [0, 0.05) is 30.1 Å². The van der Waals surface area contributed by atoms with E-state index < -0.39 is 0 Å². The summed E-state index contributed by atoms with van der Waals surface area (Å²) in [4.78, 5) is 16.1. The molecule has 0 fully saturated rings. The van der Waals surface area contributed by atoms with Gasteiger partial charge in [-0.15, -0.1) is 0 Å². The van der Waals surface area contributed by atoms with E-state index >= 15 is 0 Å². The average molecular weight is 241 g/mol. The highest BCUT2D eigenvalue weighted by Crippen LogP contribution is 2.14. The lowest BCUT2D eigenvalue weighted by Crippen LogP contribution is -2.04. The number of carbonyl (C=O) groups excluding carboxylic acids is 1. The van der Waals surface area contributed by atoms with Crippen LogP contribution in [-0.2, 0) is 11.2 Å². The number of rotatable bonds is 6. The molecule has 0 N–H and O–H groups in total. The Morgan fingerprint density at radius 3 is 2.72 bits per heavy atom. The number of Topliss-reactive ketones (excluding diaryl/α,β-unsaturated/α-hetero) is 1. The summed E-state index contributed by atoms with van der Waals surface area (Å²) in [7, 11) is 0. The maximum atomic E-state index is 11.8. The van der Waals surface area contributed by atoms with Crippen molar-refractivity contribution in [3.8, 4) is 0 Å². The van der Waals surface area contributed by atoms with Crippen LogP contribution in [0.5, 0.6) is 0 Å². The first-order valence-corrected chi connectivity index (χ1v) is 6.65. The SMILES string of the molecule is CCCCCC(=O)Cc1cc2ccccc2cn1. The molecule has 94 valence electrons. The van der Waals surface area contributed by atoms with E-state index in [9.17, 15) is 4.79 Å². The van der Waals surface area contributed by atoms with E-state index in [1.54, 1.807) is 0 Å². The van der Waals surface area contributed by atoms with E-state index in [1.807, 2.05) is 30.5 Å². The second-order valence-electron chi connectivity index (χ2n) is 4.70. The van der Waals surface area contributed by atoms with Gasteiger partial charge in [-0.1, -0.05) is 44.0 Å². The van der Waals surface area contributed by atoms with Crippen LogP contribution < -0.4 is 0 Å². The number of hydrogen-bond acceptors (Lipinski definition) is 2. The summed E-state index contributed by atoms with van der Waals surface area (Å²) in [5.74, 6) is 0.297. The van der Waals surface area contributed by atoms with Crippen molar-refractivity contribution in [2.75, 3.05) is 0 Å². The molecule has 0 aliphatic carbocycles. The highest BCUT2D eigenvalue weighted by molar-refractivity contribution is 5.84. The Morgan fingerprint density at radius 2 is 1.94 bits per heavy atom. The zero-order valence-corrected chi connectivity index (χ0v) is 10.9. The van der Waals surface area contributed by atoms with E-state index in [0.717, 1.165) is 35.7 Å². The van der Waals surface area contributed by atoms with Gasteiger partial charge in [-0.25, -0.2) is 0 Å². The smallest absolute Gasteiger partial charge is 0.138 e. The summed E-state index contributed by atoms with van der Waals surface area (Å²) in [5, 5.41) is 2.28. The minimum Gasteiger partial charge on any atom is -0.299 e. The fourth-order valence-electron chi connectivity index (χ4n) is 2.09. The fraction of sp³-hybridized carbons (Fsp3) is 0.375. The lowest BCUT2D eigenvalue weighted by molar-refractivity contribution is -0.118. The second kappa shape index (κ2) is 6.29. The molecule has 0 atom stereocenters. The summed E-state index contributed by atoms with van der Waals surface area (Å²) >= 11 is 0. The third-order valence-electron chi connectivity index (χ3n) is 3.13. The molecule has 2 nitrogen and oxygen atoms in total. The Morgan fingerprint density at radius 1 is 1.17 bits per heavy atom. The molecule has 0 aliphatic heterocycles. The van der Waals surface area contributed by atoms with Crippen molar-refractivity contribution in [2.24, 2.45) is 0 Å². The monoisotopic (exact) mass is 241 g/mol. The van der Waals surface area contributed by atoms with Gasteiger partial charge < -0.3 is 0 Å². The lowest BCUT2D eigenvalue weighted by Gasteiger charge is -2.02. The van der Waals surface area contributed by atoms with E-state index in [2.05, 4.69) is 18.0 Å². The number of ketones is 1. The van der Waals surface area contributed by atoms with Crippen LogP contribution in [0.4, 0.5) is 0 Å². The van der Waals surface area contributed by atoms with Gasteiger partial charge >= 0.3 is 0 Å². The number of carbonyl (C=O) groups is 1. The minimum atomic E-state index is 0.297. The second-order valence-corrected chi connectivity index (χ2v) is 4.70. The molecule has 2 aromatic rings. The van der Waals surface area contributed by atoms with Crippen LogP contribution in [0, 0.1) is 0 Å². The van der Waals surface area contributed by atoms with Crippen molar-refractivity contribution in [1.82, 2.24) is 4.98 Å². The maximum Gasteiger partial charge on any atom is 0.138 e. The Bertz CT molecular complexity index is 533. The van der Waals surface area contributed by atoms with Gasteiger partial charge in [0.1, 0.15) is 5.78 Å². The highest BCUT2D eigenvalue weighted by Gasteiger charge is 2.05. The standard InChI is InChI=1S/C16H19NO/c1-2-3-4-9-16(18)11-15-10-13-7-5-6-8-14(13)12-17-15/h5-8,10,12H,2-4,9,11H2,1H3. The summed E-state index contributed by atoms with van der Waals surface area (Å²) in [6.07, 6.45) is 6.29. The average Bonchev–Trinajstić information content (AvgIpc) is 2.39. The highest BCUT2D eigenvalue weighted by atomic mass is 16.1. The third kappa shape index (κ3) is 3.39. The summed E-state index contributed by atoms with van der Waals surface area (Å²) in [6.45, 7) is 2.15. The van der Waals surface area contributed by atoms with Crippen LogP contribution in [0.3, 0.4) is 0 Å². The number of nitrogens with zero attached hydrogens (tertiary/aromatic N) is 1. The fourth-order valence-corrected chi connectivity index (χ4v) is 2.09. The van der Waals surface area contributed by atoms with Crippen molar-refractivity contribution >= 4 is 16.6 Å². The molecule has 1 heterocycles. The van der Waals surface area contributed by atoms with Gasteiger partial charge in [-0.2, -0.15) is 0 Å². The van der Waals surface area contributed by atoms with Crippen molar-refractivity contribution < 1.29 is 4.79 Å².